The fraction of sp³-hybridized carbons (Fsp3) is 0.538. The number of rotatable bonds is 2. The van der Waals surface area contributed by atoms with Crippen LogP contribution < -0.4 is 5.32 Å². The molecule has 1 amide bonds. The number of halogens is 1. The van der Waals surface area contributed by atoms with Gasteiger partial charge in [0.05, 0.1) is 5.69 Å². The Morgan fingerprint density at radius 1 is 1.12 bits per heavy atom. The second kappa shape index (κ2) is 4.30. The Labute approximate surface area is 106 Å². The minimum atomic E-state index is -0.110. The van der Waals surface area contributed by atoms with Crippen LogP contribution in [0.3, 0.4) is 0 Å². The lowest BCUT2D eigenvalue weighted by atomic mass is 10.1. The number of hydrogen-bond acceptors (Lipinski definition) is 2. The number of carbonyl (C=O) groups is 1. The summed E-state index contributed by atoms with van der Waals surface area (Å²) in [5, 5.41) is 2.98. The molecular formula is C13H15ClN2O. The molecule has 0 aromatic carbocycles. The molecule has 0 saturated carbocycles. The molecule has 0 radical (unpaired) electrons. The van der Waals surface area contributed by atoms with E-state index in [4.69, 9.17) is 16.6 Å². The number of anilines is 1. The van der Waals surface area contributed by atoms with Crippen LogP contribution in [0.25, 0.3) is 0 Å². The van der Waals surface area contributed by atoms with E-state index >= 15 is 0 Å². The summed E-state index contributed by atoms with van der Waals surface area (Å²) < 4.78 is 0. The van der Waals surface area contributed by atoms with Crippen LogP contribution in [0.5, 0.6) is 0 Å². The van der Waals surface area contributed by atoms with E-state index in [2.05, 4.69) is 5.32 Å². The van der Waals surface area contributed by atoms with Gasteiger partial charge in [-0.05, 0) is 49.7 Å². The summed E-state index contributed by atoms with van der Waals surface area (Å²) in [6, 6.07) is 0. The van der Waals surface area contributed by atoms with Gasteiger partial charge in [0.2, 0.25) is 5.91 Å². The highest BCUT2D eigenvalue weighted by atomic mass is 35.5. The first-order valence-corrected chi connectivity index (χ1v) is 6.72. The molecular weight excluding hydrogens is 236 g/mol. The van der Waals surface area contributed by atoms with Crippen LogP contribution in [-0.2, 0) is 30.5 Å². The number of carbonyl (C=O) groups excluding carboxylic acids is 1. The van der Waals surface area contributed by atoms with E-state index in [0.717, 1.165) is 44.2 Å². The largest absolute Gasteiger partial charge is 0.324 e. The number of alkyl halides is 1. The maximum Gasteiger partial charge on any atom is 0.239 e. The first kappa shape index (κ1) is 11.0. The van der Waals surface area contributed by atoms with E-state index < -0.39 is 0 Å². The van der Waals surface area contributed by atoms with Crippen molar-refractivity contribution in [2.24, 2.45) is 0 Å². The van der Waals surface area contributed by atoms with Crippen LogP contribution in [0.15, 0.2) is 0 Å². The Morgan fingerprint density at radius 2 is 1.71 bits per heavy atom. The predicted octanol–water partition coefficient (Wildman–Crippen LogP) is 2.24. The van der Waals surface area contributed by atoms with E-state index in [-0.39, 0.29) is 11.8 Å². The molecule has 2 aliphatic rings. The van der Waals surface area contributed by atoms with Gasteiger partial charge in [0, 0.05) is 11.4 Å². The Morgan fingerprint density at radius 3 is 2.24 bits per heavy atom. The van der Waals surface area contributed by atoms with Crippen molar-refractivity contribution in [2.45, 2.75) is 38.5 Å². The fourth-order valence-electron chi connectivity index (χ4n) is 2.91. The third kappa shape index (κ3) is 1.82. The summed E-state index contributed by atoms with van der Waals surface area (Å²) >= 11 is 5.58. The van der Waals surface area contributed by atoms with Gasteiger partial charge in [0.25, 0.3) is 0 Å². The average molecular weight is 251 g/mol. The van der Waals surface area contributed by atoms with E-state index in [1.54, 1.807) is 0 Å². The van der Waals surface area contributed by atoms with Gasteiger partial charge >= 0.3 is 0 Å². The maximum atomic E-state index is 11.5. The highest BCUT2D eigenvalue weighted by Gasteiger charge is 2.26. The van der Waals surface area contributed by atoms with Crippen molar-refractivity contribution in [1.29, 1.82) is 0 Å². The Balaban J connectivity index is 2.08. The smallest absolute Gasteiger partial charge is 0.239 e. The minimum Gasteiger partial charge on any atom is -0.324 e. The summed E-state index contributed by atoms with van der Waals surface area (Å²) in [5.41, 5.74) is 5.92. The Kier molecular flexibility index (Phi) is 2.79. The standard InChI is InChI=1S/C13H15ClN2O/c14-7-12(17)16-13-8-3-1-5-10(8)15-11-6-2-4-9(11)13/h1-7H2,(H,15,16,17). The molecule has 3 rings (SSSR count). The molecule has 2 aliphatic carbocycles. The van der Waals surface area contributed by atoms with E-state index in [1.807, 2.05) is 0 Å². The normalized spacial score (nSPS) is 16.8. The van der Waals surface area contributed by atoms with Crippen LogP contribution in [0, 0.1) is 0 Å². The molecule has 90 valence electrons. The molecule has 0 saturated heterocycles. The van der Waals surface area contributed by atoms with Gasteiger partial charge in [-0.15, -0.1) is 11.6 Å². The van der Waals surface area contributed by atoms with Crippen molar-refractivity contribution in [1.82, 2.24) is 4.98 Å². The molecule has 0 spiro atoms. The molecule has 0 bridgehead atoms. The van der Waals surface area contributed by atoms with Crippen LogP contribution in [0.2, 0.25) is 0 Å². The van der Waals surface area contributed by atoms with Crippen LogP contribution in [-0.4, -0.2) is 16.8 Å². The number of amides is 1. The number of fused-ring (bicyclic) bond motifs is 2. The predicted molar refractivity (Wildman–Crippen MR) is 67.6 cm³/mol. The maximum absolute atomic E-state index is 11.5. The summed E-state index contributed by atoms with van der Waals surface area (Å²) in [5.74, 6) is -0.0904. The molecule has 1 heterocycles. The molecule has 0 atom stereocenters. The Hall–Kier alpha value is -1.09. The van der Waals surface area contributed by atoms with Crippen LogP contribution in [0.1, 0.15) is 35.4 Å². The topological polar surface area (TPSA) is 42.0 Å². The SMILES string of the molecule is O=C(CCl)Nc1c2c(nc3c1CCC3)CCC2. The monoisotopic (exact) mass is 250 g/mol. The van der Waals surface area contributed by atoms with Crippen molar-refractivity contribution in [2.75, 3.05) is 11.2 Å². The molecule has 1 N–H and O–H groups in total. The van der Waals surface area contributed by atoms with Crippen molar-refractivity contribution < 1.29 is 4.79 Å². The molecule has 1 aromatic heterocycles. The minimum absolute atomic E-state index is 0.0197. The van der Waals surface area contributed by atoms with Gasteiger partial charge < -0.3 is 5.32 Å². The van der Waals surface area contributed by atoms with Crippen molar-refractivity contribution in [3.05, 3.63) is 22.5 Å². The first-order valence-electron chi connectivity index (χ1n) is 6.19. The van der Waals surface area contributed by atoms with E-state index in [1.165, 1.54) is 22.5 Å². The molecule has 0 fully saturated rings. The second-order valence-electron chi connectivity index (χ2n) is 4.73. The zero-order chi connectivity index (χ0) is 11.8. The summed E-state index contributed by atoms with van der Waals surface area (Å²) in [6.07, 6.45) is 6.46. The lowest BCUT2D eigenvalue weighted by molar-refractivity contribution is -0.113. The Bertz CT molecular complexity index is 453. The van der Waals surface area contributed by atoms with E-state index in [0.29, 0.717) is 0 Å². The third-order valence-electron chi connectivity index (χ3n) is 3.64. The number of aromatic nitrogens is 1. The lowest BCUT2D eigenvalue weighted by Crippen LogP contribution is -2.16. The molecule has 4 heteroatoms. The third-order valence-corrected chi connectivity index (χ3v) is 3.88. The van der Waals surface area contributed by atoms with Gasteiger partial charge in [-0.2, -0.15) is 0 Å². The zero-order valence-corrected chi connectivity index (χ0v) is 10.4. The number of nitrogens with one attached hydrogen (secondary N) is 1. The number of nitrogens with zero attached hydrogens (tertiary/aromatic N) is 1. The van der Waals surface area contributed by atoms with Crippen molar-refractivity contribution in [3.8, 4) is 0 Å². The molecule has 0 unspecified atom stereocenters. The average Bonchev–Trinajstić information content (AvgIpc) is 2.96. The molecule has 3 nitrogen and oxygen atoms in total. The van der Waals surface area contributed by atoms with Crippen molar-refractivity contribution in [3.63, 3.8) is 0 Å². The van der Waals surface area contributed by atoms with Gasteiger partial charge in [-0.3, -0.25) is 9.78 Å². The second-order valence-corrected chi connectivity index (χ2v) is 4.99. The van der Waals surface area contributed by atoms with Gasteiger partial charge in [-0.25, -0.2) is 0 Å². The summed E-state index contributed by atoms with van der Waals surface area (Å²) in [6.45, 7) is 0. The van der Waals surface area contributed by atoms with Crippen molar-refractivity contribution >= 4 is 23.2 Å². The fourth-order valence-corrected chi connectivity index (χ4v) is 2.98. The number of pyridine rings is 1. The van der Waals surface area contributed by atoms with Gasteiger partial charge in [-0.1, -0.05) is 0 Å². The highest BCUT2D eigenvalue weighted by Crippen LogP contribution is 2.36. The lowest BCUT2D eigenvalue weighted by Gasteiger charge is -2.14. The summed E-state index contributed by atoms with van der Waals surface area (Å²) in [4.78, 5) is 16.3. The number of aryl methyl sites for hydroxylation is 2. The van der Waals surface area contributed by atoms with E-state index in [9.17, 15) is 4.79 Å². The molecule has 0 aliphatic heterocycles. The van der Waals surface area contributed by atoms with Gasteiger partial charge in [0.15, 0.2) is 0 Å². The highest BCUT2D eigenvalue weighted by molar-refractivity contribution is 6.29. The summed E-state index contributed by atoms with van der Waals surface area (Å²) in [7, 11) is 0. The van der Waals surface area contributed by atoms with Crippen LogP contribution >= 0.6 is 11.6 Å². The van der Waals surface area contributed by atoms with Gasteiger partial charge in [0.1, 0.15) is 5.88 Å². The molecule has 17 heavy (non-hydrogen) atoms. The number of hydrogen-bond donors (Lipinski definition) is 1. The quantitative estimate of drug-likeness (QED) is 0.818. The zero-order valence-electron chi connectivity index (χ0n) is 9.68. The van der Waals surface area contributed by atoms with Crippen LogP contribution in [0.4, 0.5) is 5.69 Å². The molecule has 1 aromatic rings. The first-order chi connectivity index (χ1) is 8.29.